The van der Waals surface area contributed by atoms with Gasteiger partial charge in [-0.1, -0.05) is 17.7 Å². The Kier molecular flexibility index (Phi) is 5.32. The van der Waals surface area contributed by atoms with E-state index in [0.717, 1.165) is 22.1 Å². The number of halogens is 2. The minimum absolute atomic E-state index is 0. The number of anilines is 2. The lowest BCUT2D eigenvalue weighted by atomic mass is 10.0. The van der Waals surface area contributed by atoms with Crippen molar-refractivity contribution in [2.24, 2.45) is 0 Å². The van der Waals surface area contributed by atoms with Gasteiger partial charge in [-0.25, -0.2) is 9.37 Å². The Hall–Kier alpha value is -1.72. The Morgan fingerprint density at radius 2 is 1.77 bits per heavy atom. The molecule has 1 aromatic heterocycles. The summed E-state index contributed by atoms with van der Waals surface area (Å²) in [5.41, 5.74) is 5.37. The highest BCUT2D eigenvalue weighted by molar-refractivity contribution is 8.93. The van der Waals surface area contributed by atoms with Crippen molar-refractivity contribution in [3.05, 3.63) is 64.8 Å². The van der Waals surface area contributed by atoms with E-state index in [4.69, 9.17) is 0 Å². The van der Waals surface area contributed by atoms with Crippen molar-refractivity contribution in [3.63, 3.8) is 0 Å². The largest absolute Gasteiger partial charge is 0.332 e. The summed E-state index contributed by atoms with van der Waals surface area (Å²) in [5.74, 6) is -0.240. The molecule has 0 aliphatic carbocycles. The van der Waals surface area contributed by atoms with E-state index in [1.54, 1.807) is 23.5 Å². The van der Waals surface area contributed by atoms with Crippen LogP contribution in [0.4, 0.5) is 15.2 Å². The Morgan fingerprint density at radius 3 is 2.50 bits per heavy atom. The molecule has 0 saturated carbocycles. The number of nitrogens with zero attached hydrogens (tertiary/aromatic N) is 1. The first kappa shape index (κ1) is 16.6. The number of aryl methyl sites for hydroxylation is 2. The Balaban J connectivity index is 0.00000176. The van der Waals surface area contributed by atoms with E-state index in [-0.39, 0.29) is 22.8 Å². The molecule has 0 saturated heterocycles. The highest BCUT2D eigenvalue weighted by Gasteiger charge is 2.08. The maximum Gasteiger partial charge on any atom is 0.187 e. The smallest absolute Gasteiger partial charge is 0.187 e. The topological polar surface area (TPSA) is 24.9 Å². The summed E-state index contributed by atoms with van der Waals surface area (Å²) in [6.07, 6.45) is 0. The van der Waals surface area contributed by atoms with Crippen LogP contribution >= 0.6 is 28.3 Å². The van der Waals surface area contributed by atoms with Gasteiger partial charge in [-0.2, -0.15) is 0 Å². The first-order chi connectivity index (χ1) is 10.1. The van der Waals surface area contributed by atoms with Gasteiger partial charge < -0.3 is 5.32 Å². The van der Waals surface area contributed by atoms with E-state index in [0.29, 0.717) is 0 Å². The van der Waals surface area contributed by atoms with Gasteiger partial charge in [0.1, 0.15) is 5.82 Å². The van der Waals surface area contributed by atoms with Gasteiger partial charge in [-0.15, -0.1) is 28.3 Å². The number of rotatable bonds is 3. The third-order valence-electron chi connectivity index (χ3n) is 3.27. The lowest BCUT2D eigenvalue weighted by Gasteiger charge is -2.04. The second-order valence-corrected chi connectivity index (χ2v) is 5.85. The van der Waals surface area contributed by atoms with Crippen molar-refractivity contribution in [1.29, 1.82) is 0 Å². The van der Waals surface area contributed by atoms with E-state index < -0.39 is 0 Å². The molecule has 2 aromatic carbocycles. The fourth-order valence-corrected chi connectivity index (χ4v) is 2.85. The molecule has 0 aliphatic rings. The third-order valence-corrected chi connectivity index (χ3v) is 4.03. The van der Waals surface area contributed by atoms with Crippen molar-refractivity contribution in [2.45, 2.75) is 13.8 Å². The molecule has 3 aromatic rings. The molecule has 1 N–H and O–H groups in total. The Bertz CT molecular complexity index is 769. The fraction of sp³-hybridized carbons (Fsp3) is 0.118. The molecule has 0 unspecified atom stereocenters. The Morgan fingerprint density at radius 1 is 1.05 bits per heavy atom. The zero-order chi connectivity index (χ0) is 14.8. The summed E-state index contributed by atoms with van der Waals surface area (Å²) in [7, 11) is 0. The van der Waals surface area contributed by atoms with Gasteiger partial charge in [0.15, 0.2) is 5.13 Å². The molecule has 0 fully saturated rings. The second kappa shape index (κ2) is 7.03. The lowest BCUT2D eigenvalue weighted by Crippen LogP contribution is -1.90. The van der Waals surface area contributed by atoms with Crippen LogP contribution in [0.1, 0.15) is 11.1 Å². The summed E-state index contributed by atoms with van der Waals surface area (Å²) in [4.78, 5) is 4.61. The monoisotopic (exact) mass is 378 g/mol. The van der Waals surface area contributed by atoms with Gasteiger partial charge >= 0.3 is 0 Å². The van der Waals surface area contributed by atoms with Crippen LogP contribution < -0.4 is 5.32 Å². The molecular weight excluding hydrogens is 363 g/mol. The number of aromatic nitrogens is 1. The first-order valence-corrected chi connectivity index (χ1v) is 7.55. The van der Waals surface area contributed by atoms with E-state index in [2.05, 4.69) is 42.3 Å². The van der Waals surface area contributed by atoms with Crippen LogP contribution in [0.2, 0.25) is 0 Å². The van der Waals surface area contributed by atoms with Gasteiger partial charge in [-0.3, -0.25) is 0 Å². The molecule has 1 heterocycles. The molecule has 0 atom stereocenters. The first-order valence-electron chi connectivity index (χ1n) is 6.67. The van der Waals surface area contributed by atoms with Crippen molar-refractivity contribution in [2.75, 3.05) is 5.32 Å². The molecule has 0 bridgehead atoms. The summed E-state index contributed by atoms with van der Waals surface area (Å²) < 4.78 is 12.9. The summed E-state index contributed by atoms with van der Waals surface area (Å²) >= 11 is 1.54. The van der Waals surface area contributed by atoms with Gasteiger partial charge in [-0.05, 0) is 49.7 Å². The molecule has 0 spiro atoms. The zero-order valence-corrected chi connectivity index (χ0v) is 14.8. The van der Waals surface area contributed by atoms with Gasteiger partial charge in [0, 0.05) is 16.6 Å². The van der Waals surface area contributed by atoms with Crippen molar-refractivity contribution in [3.8, 4) is 11.3 Å². The number of hydrogen-bond acceptors (Lipinski definition) is 3. The van der Waals surface area contributed by atoms with Crippen molar-refractivity contribution >= 4 is 39.1 Å². The molecule has 114 valence electrons. The normalized spacial score (nSPS) is 10.1. The molecule has 3 rings (SSSR count). The van der Waals surface area contributed by atoms with Crippen LogP contribution in [0.3, 0.4) is 0 Å². The number of benzene rings is 2. The van der Waals surface area contributed by atoms with Gasteiger partial charge in [0.05, 0.1) is 5.69 Å². The van der Waals surface area contributed by atoms with E-state index in [9.17, 15) is 4.39 Å². The van der Waals surface area contributed by atoms with E-state index in [1.165, 1.54) is 23.3 Å². The van der Waals surface area contributed by atoms with Crippen LogP contribution in [0.5, 0.6) is 0 Å². The quantitative estimate of drug-likeness (QED) is 0.614. The van der Waals surface area contributed by atoms with Crippen molar-refractivity contribution < 1.29 is 4.39 Å². The van der Waals surface area contributed by atoms with Gasteiger partial charge in [0.2, 0.25) is 0 Å². The number of nitrogens with one attached hydrogen (secondary N) is 1. The average molecular weight is 379 g/mol. The maximum atomic E-state index is 12.9. The standard InChI is InChI=1S/C17H15FN2S.BrH/c1-11-3-4-12(2)15(9-11)16-10-21-17(20-16)19-14-7-5-13(18)6-8-14;/h3-10H,1-2H3,(H,19,20);1H. The highest BCUT2D eigenvalue weighted by atomic mass is 79.9. The number of thiazole rings is 1. The van der Waals surface area contributed by atoms with Crippen molar-refractivity contribution in [1.82, 2.24) is 4.98 Å². The highest BCUT2D eigenvalue weighted by Crippen LogP contribution is 2.29. The fourth-order valence-electron chi connectivity index (χ4n) is 2.12. The summed E-state index contributed by atoms with van der Waals surface area (Å²) in [5, 5.41) is 6.03. The SMILES string of the molecule is Br.Cc1ccc(C)c(-c2csc(Nc3ccc(F)cc3)n2)c1. The maximum absolute atomic E-state index is 12.9. The van der Waals surface area contributed by atoms with Gasteiger partial charge in [0.25, 0.3) is 0 Å². The van der Waals surface area contributed by atoms with Crippen LogP contribution in [0.25, 0.3) is 11.3 Å². The van der Waals surface area contributed by atoms with Crippen LogP contribution in [0.15, 0.2) is 47.8 Å². The Labute approximate surface area is 143 Å². The molecule has 5 heteroatoms. The molecule has 0 radical (unpaired) electrons. The van der Waals surface area contributed by atoms with E-state index >= 15 is 0 Å². The lowest BCUT2D eigenvalue weighted by molar-refractivity contribution is 0.628. The molecule has 0 aliphatic heterocycles. The van der Waals surface area contributed by atoms with Crippen LogP contribution in [-0.2, 0) is 0 Å². The minimum Gasteiger partial charge on any atom is -0.332 e. The number of hydrogen-bond donors (Lipinski definition) is 1. The second-order valence-electron chi connectivity index (χ2n) is 4.99. The zero-order valence-electron chi connectivity index (χ0n) is 12.3. The molecule has 22 heavy (non-hydrogen) atoms. The van der Waals surface area contributed by atoms with E-state index in [1.807, 2.05) is 5.38 Å². The summed E-state index contributed by atoms with van der Waals surface area (Å²) in [6.45, 7) is 4.16. The van der Waals surface area contributed by atoms with Crippen LogP contribution in [0, 0.1) is 19.7 Å². The predicted molar refractivity (Wildman–Crippen MR) is 97.0 cm³/mol. The predicted octanol–water partition coefficient (Wildman–Crippen LogP) is 5.89. The van der Waals surface area contributed by atoms with Crippen LogP contribution in [-0.4, -0.2) is 4.98 Å². The molecular formula is C17H16BrFN2S. The molecule has 2 nitrogen and oxygen atoms in total. The minimum atomic E-state index is -0.240. The summed E-state index contributed by atoms with van der Waals surface area (Å²) in [6, 6.07) is 12.6. The third kappa shape index (κ3) is 3.72. The molecule has 0 amide bonds. The average Bonchev–Trinajstić information content (AvgIpc) is 2.92.